The molecule has 0 aliphatic heterocycles. The molecule has 0 amide bonds. The molecule has 8 nitrogen and oxygen atoms in total. The zero-order chi connectivity index (χ0) is 18.7. The minimum Gasteiger partial charge on any atom is -0.468 e. The van der Waals surface area contributed by atoms with Gasteiger partial charge in [0.1, 0.15) is 23.3 Å². The standard InChI is InChI=1S/C18H23N5O3/c1-11-8-14(20-15-9-12(2)22-23-15)21-16(19-11)13-4-6-18(10-24,7-5-13)17(25)26-3/h8-10,13H,4-7H2,1-3H3,(H2,19,20,21,22,23). The van der Waals surface area contributed by atoms with Crippen molar-refractivity contribution >= 4 is 23.9 Å². The number of anilines is 2. The molecular weight excluding hydrogens is 334 g/mol. The monoisotopic (exact) mass is 357 g/mol. The summed E-state index contributed by atoms with van der Waals surface area (Å²) in [7, 11) is 1.32. The molecule has 0 unspecified atom stereocenters. The molecule has 0 saturated heterocycles. The summed E-state index contributed by atoms with van der Waals surface area (Å²) in [5, 5.41) is 10.2. The largest absolute Gasteiger partial charge is 0.468 e. The van der Waals surface area contributed by atoms with Gasteiger partial charge in [0.25, 0.3) is 0 Å². The SMILES string of the molecule is COC(=O)C1(C=O)CCC(c2nc(C)cc(Nc3cc(C)[nH]n3)n2)CC1. The summed E-state index contributed by atoms with van der Waals surface area (Å²) in [6, 6.07) is 3.76. The van der Waals surface area contributed by atoms with Crippen molar-refractivity contribution in [2.24, 2.45) is 5.41 Å². The number of carbonyl (C=O) groups excluding carboxylic acids is 2. The van der Waals surface area contributed by atoms with Gasteiger partial charge in [0, 0.05) is 29.4 Å². The number of aryl methyl sites for hydroxylation is 2. The highest BCUT2D eigenvalue weighted by Gasteiger charge is 2.43. The maximum Gasteiger partial charge on any atom is 0.319 e. The number of nitrogens with zero attached hydrogens (tertiary/aromatic N) is 3. The number of nitrogens with one attached hydrogen (secondary N) is 2. The van der Waals surface area contributed by atoms with Gasteiger partial charge in [-0.25, -0.2) is 9.97 Å². The smallest absolute Gasteiger partial charge is 0.319 e. The third-order valence-corrected chi connectivity index (χ3v) is 4.89. The molecule has 1 fully saturated rings. The van der Waals surface area contributed by atoms with Gasteiger partial charge in [0.05, 0.1) is 7.11 Å². The summed E-state index contributed by atoms with van der Waals surface area (Å²) in [6.07, 6.45) is 2.97. The summed E-state index contributed by atoms with van der Waals surface area (Å²) in [4.78, 5) is 32.6. The first-order valence-electron chi connectivity index (χ1n) is 8.65. The van der Waals surface area contributed by atoms with E-state index >= 15 is 0 Å². The number of ether oxygens (including phenoxy) is 1. The summed E-state index contributed by atoms with van der Waals surface area (Å²) in [6.45, 7) is 3.84. The highest BCUT2D eigenvalue weighted by molar-refractivity contribution is 5.93. The maximum atomic E-state index is 12.0. The second-order valence-electron chi connectivity index (χ2n) is 6.85. The minimum atomic E-state index is -1.03. The van der Waals surface area contributed by atoms with Crippen molar-refractivity contribution < 1.29 is 14.3 Å². The number of aldehydes is 1. The Bertz CT molecular complexity index is 809. The van der Waals surface area contributed by atoms with Crippen LogP contribution in [0.1, 0.15) is 48.8 Å². The Morgan fingerprint density at radius 3 is 2.58 bits per heavy atom. The average molecular weight is 357 g/mol. The number of hydrogen-bond acceptors (Lipinski definition) is 7. The van der Waals surface area contributed by atoms with Crippen LogP contribution < -0.4 is 5.32 Å². The van der Waals surface area contributed by atoms with Crippen LogP contribution in [0.4, 0.5) is 11.6 Å². The molecule has 1 aliphatic carbocycles. The first kappa shape index (κ1) is 18.0. The highest BCUT2D eigenvalue weighted by atomic mass is 16.5. The van der Waals surface area contributed by atoms with E-state index in [4.69, 9.17) is 4.74 Å². The fraction of sp³-hybridized carbons (Fsp3) is 0.500. The second-order valence-corrected chi connectivity index (χ2v) is 6.85. The molecule has 2 N–H and O–H groups in total. The molecule has 8 heteroatoms. The number of H-pyrrole nitrogens is 1. The predicted molar refractivity (Wildman–Crippen MR) is 95.1 cm³/mol. The number of methoxy groups -OCH3 is 1. The lowest BCUT2D eigenvalue weighted by molar-refractivity contribution is -0.156. The van der Waals surface area contributed by atoms with Crippen molar-refractivity contribution in [2.75, 3.05) is 12.4 Å². The van der Waals surface area contributed by atoms with Crippen LogP contribution in [0, 0.1) is 19.3 Å². The molecule has 1 saturated carbocycles. The normalized spacial score (nSPS) is 22.7. The van der Waals surface area contributed by atoms with E-state index in [1.807, 2.05) is 26.0 Å². The molecule has 1 aliphatic rings. The van der Waals surface area contributed by atoms with Crippen LogP contribution in [-0.4, -0.2) is 39.5 Å². The molecule has 0 bridgehead atoms. The number of esters is 1. The zero-order valence-corrected chi connectivity index (χ0v) is 15.2. The minimum absolute atomic E-state index is 0.106. The number of aromatic nitrogens is 4. The van der Waals surface area contributed by atoms with Gasteiger partial charge < -0.3 is 14.8 Å². The predicted octanol–water partition coefficient (Wildman–Crippen LogP) is 2.58. The fourth-order valence-corrected chi connectivity index (χ4v) is 3.42. The van der Waals surface area contributed by atoms with Crippen LogP contribution in [-0.2, 0) is 14.3 Å². The average Bonchev–Trinajstić information content (AvgIpc) is 3.05. The maximum absolute atomic E-state index is 12.0. The summed E-state index contributed by atoms with van der Waals surface area (Å²) >= 11 is 0. The molecule has 26 heavy (non-hydrogen) atoms. The lowest BCUT2D eigenvalue weighted by Gasteiger charge is -2.33. The van der Waals surface area contributed by atoms with Gasteiger partial charge in [-0.3, -0.25) is 9.89 Å². The van der Waals surface area contributed by atoms with Crippen LogP contribution in [0.2, 0.25) is 0 Å². The van der Waals surface area contributed by atoms with E-state index in [-0.39, 0.29) is 5.92 Å². The van der Waals surface area contributed by atoms with E-state index in [9.17, 15) is 9.59 Å². The quantitative estimate of drug-likeness (QED) is 0.481. The van der Waals surface area contributed by atoms with Crippen molar-refractivity contribution in [3.63, 3.8) is 0 Å². The van der Waals surface area contributed by atoms with Gasteiger partial charge >= 0.3 is 5.97 Å². The van der Waals surface area contributed by atoms with Crippen LogP contribution in [0.15, 0.2) is 12.1 Å². The van der Waals surface area contributed by atoms with Crippen molar-refractivity contribution in [3.05, 3.63) is 29.3 Å². The van der Waals surface area contributed by atoms with Gasteiger partial charge in [-0.05, 0) is 39.5 Å². The third-order valence-electron chi connectivity index (χ3n) is 4.89. The Labute approximate surface area is 151 Å². The molecule has 0 radical (unpaired) electrons. The summed E-state index contributed by atoms with van der Waals surface area (Å²) < 4.78 is 4.81. The van der Waals surface area contributed by atoms with Gasteiger partial charge in [-0.2, -0.15) is 5.10 Å². The van der Waals surface area contributed by atoms with Gasteiger partial charge in [-0.1, -0.05) is 0 Å². The topological polar surface area (TPSA) is 110 Å². The number of hydrogen-bond donors (Lipinski definition) is 2. The Hall–Kier alpha value is -2.77. The Balaban J connectivity index is 1.76. The molecular formula is C18H23N5O3. The second kappa shape index (κ2) is 7.23. The zero-order valence-electron chi connectivity index (χ0n) is 15.2. The Kier molecular flexibility index (Phi) is 5.01. The van der Waals surface area contributed by atoms with E-state index in [1.165, 1.54) is 7.11 Å². The third kappa shape index (κ3) is 3.58. The van der Waals surface area contributed by atoms with Crippen molar-refractivity contribution in [1.82, 2.24) is 20.2 Å². The van der Waals surface area contributed by atoms with Gasteiger partial charge in [-0.15, -0.1) is 0 Å². The first-order valence-corrected chi connectivity index (χ1v) is 8.65. The van der Waals surface area contributed by atoms with Crippen molar-refractivity contribution in [1.29, 1.82) is 0 Å². The number of carbonyl (C=O) groups is 2. The van der Waals surface area contributed by atoms with Crippen molar-refractivity contribution in [3.8, 4) is 0 Å². The molecule has 2 heterocycles. The van der Waals surface area contributed by atoms with E-state index < -0.39 is 11.4 Å². The van der Waals surface area contributed by atoms with Crippen LogP contribution in [0.3, 0.4) is 0 Å². The van der Waals surface area contributed by atoms with E-state index in [0.717, 1.165) is 23.5 Å². The van der Waals surface area contributed by atoms with E-state index in [2.05, 4.69) is 25.5 Å². The molecule has 2 aromatic heterocycles. The lowest BCUT2D eigenvalue weighted by atomic mass is 9.71. The van der Waals surface area contributed by atoms with Crippen LogP contribution >= 0.6 is 0 Å². The van der Waals surface area contributed by atoms with Gasteiger partial charge in [0.15, 0.2) is 5.82 Å². The molecule has 138 valence electrons. The van der Waals surface area contributed by atoms with Gasteiger partial charge in [0.2, 0.25) is 0 Å². The molecule has 2 aromatic rings. The molecule has 3 rings (SSSR count). The number of aromatic amines is 1. The molecule has 0 spiro atoms. The molecule has 0 aromatic carbocycles. The van der Waals surface area contributed by atoms with Crippen LogP contribution in [0.5, 0.6) is 0 Å². The number of rotatable bonds is 5. The van der Waals surface area contributed by atoms with E-state index in [0.29, 0.717) is 37.3 Å². The first-order chi connectivity index (χ1) is 12.5. The van der Waals surface area contributed by atoms with E-state index in [1.54, 1.807) is 0 Å². The molecule has 0 atom stereocenters. The summed E-state index contributed by atoms with van der Waals surface area (Å²) in [5.41, 5.74) is 0.784. The Morgan fingerprint density at radius 1 is 1.27 bits per heavy atom. The lowest BCUT2D eigenvalue weighted by Crippen LogP contribution is -2.37. The fourth-order valence-electron chi connectivity index (χ4n) is 3.42. The summed E-state index contributed by atoms with van der Waals surface area (Å²) in [5.74, 6) is 1.76. The van der Waals surface area contributed by atoms with Crippen molar-refractivity contribution in [2.45, 2.75) is 45.4 Å². The Morgan fingerprint density at radius 2 is 2.00 bits per heavy atom. The highest BCUT2D eigenvalue weighted by Crippen LogP contribution is 2.42. The van der Waals surface area contributed by atoms with Crippen LogP contribution in [0.25, 0.3) is 0 Å².